The van der Waals surface area contributed by atoms with Gasteiger partial charge in [0.05, 0.1) is 23.3 Å². The maximum absolute atomic E-state index is 9.72. The van der Waals surface area contributed by atoms with Gasteiger partial charge in [0.25, 0.3) is 0 Å². The molecule has 0 saturated heterocycles. The van der Waals surface area contributed by atoms with Gasteiger partial charge in [-0.1, -0.05) is 15.9 Å². The topological polar surface area (TPSA) is 66.6 Å². The quantitative estimate of drug-likeness (QED) is 0.644. The average Bonchev–Trinajstić information content (AvgIpc) is 3.02. The molecule has 4 nitrogen and oxygen atoms in total. The van der Waals surface area contributed by atoms with Crippen molar-refractivity contribution in [3.63, 3.8) is 0 Å². The molecule has 2 aromatic carbocycles. The average molecular weight is 391 g/mol. The SMILES string of the molecule is CN(C)c1ccc(C#N)cc1/C=C(\C#N)c1c[nH]c2ccc(Br)cc12. The van der Waals surface area contributed by atoms with E-state index in [4.69, 9.17) is 0 Å². The van der Waals surface area contributed by atoms with E-state index in [9.17, 15) is 10.5 Å². The van der Waals surface area contributed by atoms with Crippen molar-refractivity contribution < 1.29 is 0 Å². The Bertz CT molecular complexity index is 1060. The minimum absolute atomic E-state index is 0.544. The molecule has 0 aliphatic carbocycles. The number of nitriles is 2. The molecule has 0 aliphatic rings. The van der Waals surface area contributed by atoms with Crippen molar-refractivity contribution in [3.8, 4) is 12.1 Å². The van der Waals surface area contributed by atoms with Crippen molar-refractivity contribution in [3.05, 3.63) is 63.8 Å². The van der Waals surface area contributed by atoms with Crippen molar-refractivity contribution in [2.75, 3.05) is 19.0 Å². The molecule has 1 aromatic heterocycles. The van der Waals surface area contributed by atoms with Gasteiger partial charge in [-0.25, -0.2) is 0 Å². The molecule has 0 spiro atoms. The molecule has 3 rings (SSSR count). The summed E-state index contributed by atoms with van der Waals surface area (Å²) in [4.78, 5) is 5.17. The predicted molar refractivity (Wildman–Crippen MR) is 105 cm³/mol. The van der Waals surface area contributed by atoms with Gasteiger partial charge in [0.15, 0.2) is 0 Å². The Kier molecular flexibility index (Phi) is 4.61. The van der Waals surface area contributed by atoms with Gasteiger partial charge in [-0.3, -0.25) is 0 Å². The monoisotopic (exact) mass is 390 g/mol. The lowest BCUT2D eigenvalue weighted by molar-refractivity contribution is 1.13. The molecule has 0 amide bonds. The summed E-state index contributed by atoms with van der Waals surface area (Å²) in [5, 5.41) is 19.9. The van der Waals surface area contributed by atoms with Crippen LogP contribution in [0, 0.1) is 22.7 Å². The largest absolute Gasteiger partial charge is 0.377 e. The number of H-pyrrole nitrogens is 1. The van der Waals surface area contributed by atoms with Gasteiger partial charge in [-0.2, -0.15) is 10.5 Å². The van der Waals surface area contributed by atoms with Crippen LogP contribution in [0.4, 0.5) is 5.69 Å². The van der Waals surface area contributed by atoms with Gasteiger partial charge in [-0.05, 0) is 42.5 Å². The molecule has 0 atom stereocenters. The molecule has 0 fully saturated rings. The Morgan fingerprint density at radius 2 is 1.96 bits per heavy atom. The molecule has 0 saturated carbocycles. The number of nitrogens with zero attached hydrogens (tertiary/aromatic N) is 3. The number of rotatable bonds is 3. The number of hydrogen-bond acceptors (Lipinski definition) is 3. The molecule has 0 bridgehead atoms. The zero-order valence-electron chi connectivity index (χ0n) is 13.8. The number of anilines is 1. The number of benzene rings is 2. The van der Waals surface area contributed by atoms with E-state index in [1.807, 2.05) is 55.5 Å². The van der Waals surface area contributed by atoms with Crippen molar-refractivity contribution in [2.45, 2.75) is 0 Å². The Hall–Kier alpha value is -3.02. The van der Waals surface area contributed by atoms with Gasteiger partial charge in [0.1, 0.15) is 0 Å². The fraction of sp³-hybridized carbons (Fsp3) is 0.100. The highest BCUT2D eigenvalue weighted by Crippen LogP contribution is 2.31. The molecule has 25 heavy (non-hydrogen) atoms. The van der Waals surface area contributed by atoms with Crippen LogP contribution in [0.2, 0.25) is 0 Å². The van der Waals surface area contributed by atoms with E-state index in [2.05, 4.69) is 33.1 Å². The fourth-order valence-corrected chi connectivity index (χ4v) is 3.15. The normalized spacial score (nSPS) is 11.2. The number of aromatic nitrogens is 1. The number of fused-ring (bicyclic) bond motifs is 1. The Balaban J connectivity index is 2.20. The first-order valence-corrected chi connectivity index (χ1v) is 8.43. The molecule has 1 N–H and O–H groups in total. The van der Waals surface area contributed by atoms with Crippen molar-refractivity contribution in [2.24, 2.45) is 0 Å². The minimum atomic E-state index is 0.544. The van der Waals surface area contributed by atoms with E-state index < -0.39 is 0 Å². The summed E-state index contributed by atoms with van der Waals surface area (Å²) < 4.78 is 0.957. The Morgan fingerprint density at radius 1 is 1.16 bits per heavy atom. The Morgan fingerprint density at radius 3 is 2.64 bits per heavy atom. The smallest absolute Gasteiger partial charge is 0.0998 e. The summed E-state index contributed by atoms with van der Waals surface area (Å²) in [6.45, 7) is 0. The summed E-state index contributed by atoms with van der Waals surface area (Å²) in [6, 6.07) is 15.8. The second-order valence-electron chi connectivity index (χ2n) is 5.84. The zero-order chi connectivity index (χ0) is 18.0. The second-order valence-corrected chi connectivity index (χ2v) is 6.76. The third-order valence-electron chi connectivity index (χ3n) is 3.99. The lowest BCUT2D eigenvalue weighted by Crippen LogP contribution is -2.10. The Labute approximate surface area is 154 Å². The lowest BCUT2D eigenvalue weighted by Gasteiger charge is -2.16. The molecule has 0 aliphatic heterocycles. The molecular formula is C20H15BrN4. The van der Waals surface area contributed by atoms with Crippen LogP contribution < -0.4 is 4.90 Å². The van der Waals surface area contributed by atoms with Crippen LogP contribution in [-0.2, 0) is 0 Å². The molecule has 0 radical (unpaired) electrons. The second kappa shape index (κ2) is 6.84. The summed E-state index contributed by atoms with van der Waals surface area (Å²) in [7, 11) is 3.88. The first-order chi connectivity index (χ1) is 12.0. The first kappa shape index (κ1) is 16.8. The molecule has 0 unspecified atom stereocenters. The first-order valence-electron chi connectivity index (χ1n) is 7.63. The number of aromatic amines is 1. The number of nitrogens with one attached hydrogen (secondary N) is 1. The fourth-order valence-electron chi connectivity index (χ4n) is 2.79. The predicted octanol–water partition coefficient (Wildman–Crippen LogP) is 4.93. The van der Waals surface area contributed by atoms with E-state index >= 15 is 0 Å². The maximum Gasteiger partial charge on any atom is 0.0998 e. The summed E-state index contributed by atoms with van der Waals surface area (Å²) in [5.41, 5.74) is 4.71. The van der Waals surface area contributed by atoms with Crippen LogP contribution in [0.1, 0.15) is 16.7 Å². The van der Waals surface area contributed by atoms with Gasteiger partial charge < -0.3 is 9.88 Å². The molecule has 3 aromatic rings. The van der Waals surface area contributed by atoms with E-state index in [1.54, 1.807) is 12.1 Å². The van der Waals surface area contributed by atoms with Crippen LogP contribution in [-0.4, -0.2) is 19.1 Å². The van der Waals surface area contributed by atoms with Crippen molar-refractivity contribution in [1.29, 1.82) is 10.5 Å². The summed E-state index contributed by atoms with van der Waals surface area (Å²) >= 11 is 3.48. The standard InChI is InChI=1S/C20H15BrN4/c1-25(2)20-6-3-13(10-22)7-14(20)8-15(11-23)18-12-24-19-5-4-16(21)9-17(18)19/h3-9,12,24H,1-2H3/b15-8+. The van der Waals surface area contributed by atoms with E-state index in [1.165, 1.54) is 0 Å². The third-order valence-corrected chi connectivity index (χ3v) is 4.49. The number of allylic oxidation sites excluding steroid dienone is 1. The molecular weight excluding hydrogens is 376 g/mol. The highest BCUT2D eigenvalue weighted by atomic mass is 79.9. The molecule has 5 heteroatoms. The summed E-state index contributed by atoms with van der Waals surface area (Å²) in [6.07, 6.45) is 3.68. The summed E-state index contributed by atoms with van der Waals surface area (Å²) in [5.74, 6) is 0. The highest BCUT2D eigenvalue weighted by Gasteiger charge is 2.11. The maximum atomic E-state index is 9.72. The van der Waals surface area contributed by atoms with E-state index in [0.29, 0.717) is 11.1 Å². The zero-order valence-corrected chi connectivity index (χ0v) is 15.4. The molecule has 1 heterocycles. The van der Waals surface area contributed by atoms with Crippen LogP contribution >= 0.6 is 15.9 Å². The highest BCUT2D eigenvalue weighted by molar-refractivity contribution is 9.10. The number of hydrogen-bond donors (Lipinski definition) is 1. The minimum Gasteiger partial charge on any atom is -0.377 e. The van der Waals surface area contributed by atoms with Crippen LogP contribution in [0.25, 0.3) is 22.6 Å². The van der Waals surface area contributed by atoms with Crippen molar-refractivity contribution >= 4 is 44.2 Å². The van der Waals surface area contributed by atoms with Crippen LogP contribution in [0.3, 0.4) is 0 Å². The van der Waals surface area contributed by atoms with Crippen LogP contribution in [0.15, 0.2) is 47.1 Å². The molecule has 122 valence electrons. The van der Waals surface area contributed by atoms with Gasteiger partial charge in [-0.15, -0.1) is 0 Å². The number of halogens is 1. The van der Waals surface area contributed by atoms with Gasteiger partial charge in [0.2, 0.25) is 0 Å². The third kappa shape index (κ3) is 3.28. The van der Waals surface area contributed by atoms with Gasteiger partial charge >= 0.3 is 0 Å². The van der Waals surface area contributed by atoms with Crippen molar-refractivity contribution in [1.82, 2.24) is 4.98 Å². The van der Waals surface area contributed by atoms with E-state index in [-0.39, 0.29) is 0 Å². The lowest BCUT2D eigenvalue weighted by atomic mass is 10.0. The van der Waals surface area contributed by atoms with Gasteiger partial charge in [0, 0.05) is 52.5 Å². The van der Waals surface area contributed by atoms with Crippen LogP contribution in [0.5, 0.6) is 0 Å². The van der Waals surface area contributed by atoms with E-state index in [0.717, 1.165) is 32.2 Å².